The van der Waals surface area contributed by atoms with E-state index in [0.717, 1.165) is 12.1 Å². The van der Waals surface area contributed by atoms with Crippen LogP contribution < -0.4 is 16.0 Å². The lowest BCUT2D eigenvalue weighted by molar-refractivity contribution is -0.130. The maximum absolute atomic E-state index is 12.5. The first-order valence-electron chi connectivity index (χ1n) is 8.58. The van der Waals surface area contributed by atoms with E-state index in [1.54, 1.807) is 35.0 Å². The number of nitrogens with zero attached hydrogens (tertiary/aromatic N) is 2. The molecule has 1 aromatic heterocycles. The zero-order valence-corrected chi connectivity index (χ0v) is 15.7. The van der Waals surface area contributed by atoms with Gasteiger partial charge >= 0.3 is 0 Å². The number of nitrogens with one attached hydrogen (secondary N) is 3. The number of aryl methyl sites for hydroxylation is 1. The summed E-state index contributed by atoms with van der Waals surface area (Å²) in [6, 6.07) is 8.39. The number of carbonyl (C=O) groups is 2. The molecule has 1 saturated heterocycles. The predicted octanol–water partition coefficient (Wildman–Crippen LogP) is 2.69. The Hall–Kier alpha value is -2.38. The molecule has 1 aliphatic rings. The Balaban J connectivity index is 1.81. The van der Waals surface area contributed by atoms with Gasteiger partial charge in [0, 0.05) is 22.7 Å². The molecule has 2 heterocycles. The summed E-state index contributed by atoms with van der Waals surface area (Å²) in [5.41, 5.74) is 1.22. The Labute approximate surface area is 157 Å². The van der Waals surface area contributed by atoms with Crippen molar-refractivity contribution in [2.45, 2.75) is 39.5 Å². The molecule has 0 aliphatic carbocycles. The molecule has 3 rings (SSSR count). The molecular weight excluding hydrogens is 354 g/mol. The summed E-state index contributed by atoms with van der Waals surface area (Å²) in [5, 5.41) is 14.1. The van der Waals surface area contributed by atoms with Gasteiger partial charge in [0.15, 0.2) is 6.29 Å². The first-order chi connectivity index (χ1) is 12.4. The molecule has 3 unspecified atom stereocenters. The van der Waals surface area contributed by atoms with Gasteiger partial charge in [0.25, 0.3) is 5.91 Å². The molecule has 7 nitrogen and oxygen atoms in total. The van der Waals surface area contributed by atoms with E-state index in [9.17, 15) is 9.59 Å². The summed E-state index contributed by atoms with van der Waals surface area (Å²) >= 11 is 5.86. The third kappa shape index (κ3) is 3.73. The zero-order chi connectivity index (χ0) is 18.8. The van der Waals surface area contributed by atoms with Crippen LogP contribution in [0.2, 0.25) is 5.02 Å². The molecule has 8 heteroatoms. The quantitative estimate of drug-likeness (QED) is 0.766. The average molecular weight is 376 g/mol. The van der Waals surface area contributed by atoms with E-state index in [-0.39, 0.29) is 23.8 Å². The summed E-state index contributed by atoms with van der Waals surface area (Å²) in [7, 11) is 0. The van der Waals surface area contributed by atoms with Crippen molar-refractivity contribution in [1.29, 1.82) is 0 Å². The summed E-state index contributed by atoms with van der Waals surface area (Å²) in [5.74, 6) is 0.119. The van der Waals surface area contributed by atoms with E-state index in [1.807, 2.05) is 20.8 Å². The molecule has 2 amide bonds. The molecule has 0 bridgehead atoms. The molecular formula is C18H22ClN5O2. The first kappa shape index (κ1) is 18.4. The van der Waals surface area contributed by atoms with Crippen LogP contribution in [-0.2, 0) is 4.79 Å². The maximum Gasteiger partial charge on any atom is 0.256 e. The number of hydrogen-bond donors (Lipinski definition) is 3. The fraction of sp³-hybridized carbons (Fsp3) is 0.389. The fourth-order valence-electron chi connectivity index (χ4n) is 3.14. The average Bonchev–Trinajstić information content (AvgIpc) is 2.95. The SMILES string of the molecule is CCC1C(=O)NC(n2nc(C)cc2NC(=O)c2ccc(Cl)cc2)NC1C. The van der Waals surface area contributed by atoms with Crippen molar-refractivity contribution in [3.63, 3.8) is 0 Å². The van der Waals surface area contributed by atoms with Crippen molar-refractivity contribution in [3.05, 3.63) is 46.6 Å². The number of carbonyl (C=O) groups excluding carboxylic acids is 2. The molecule has 1 fully saturated rings. The predicted molar refractivity (Wildman–Crippen MR) is 99.9 cm³/mol. The van der Waals surface area contributed by atoms with Crippen molar-refractivity contribution in [2.24, 2.45) is 5.92 Å². The summed E-state index contributed by atoms with van der Waals surface area (Å²) in [6.45, 7) is 5.79. The molecule has 26 heavy (non-hydrogen) atoms. The van der Waals surface area contributed by atoms with Gasteiger partial charge in [0.2, 0.25) is 5.91 Å². The van der Waals surface area contributed by atoms with Gasteiger partial charge in [0.1, 0.15) is 5.82 Å². The van der Waals surface area contributed by atoms with E-state index in [1.165, 1.54) is 0 Å². The molecule has 138 valence electrons. The smallest absolute Gasteiger partial charge is 0.256 e. The largest absolute Gasteiger partial charge is 0.322 e. The number of aromatic nitrogens is 2. The Kier molecular flexibility index (Phi) is 5.29. The highest BCUT2D eigenvalue weighted by atomic mass is 35.5. The van der Waals surface area contributed by atoms with Crippen LogP contribution >= 0.6 is 11.6 Å². The highest BCUT2D eigenvalue weighted by Crippen LogP contribution is 2.21. The molecule has 3 N–H and O–H groups in total. The first-order valence-corrected chi connectivity index (χ1v) is 8.96. The van der Waals surface area contributed by atoms with Gasteiger partial charge in [-0.25, -0.2) is 4.68 Å². The van der Waals surface area contributed by atoms with Gasteiger partial charge in [-0.1, -0.05) is 18.5 Å². The lowest BCUT2D eigenvalue weighted by atomic mass is 9.95. The Morgan fingerprint density at radius 2 is 2.04 bits per heavy atom. The van der Waals surface area contributed by atoms with Crippen molar-refractivity contribution < 1.29 is 9.59 Å². The second-order valence-corrected chi connectivity index (χ2v) is 6.89. The van der Waals surface area contributed by atoms with Crippen LogP contribution in [0.25, 0.3) is 0 Å². The van der Waals surface area contributed by atoms with Crippen LogP contribution in [0.4, 0.5) is 5.82 Å². The standard InChI is InChI=1S/C18H22ClN5O2/c1-4-14-11(3)20-18(22-17(14)26)24-15(9-10(2)23-24)21-16(25)12-5-7-13(19)8-6-12/h5-9,11,14,18,20H,4H2,1-3H3,(H,21,25)(H,22,26). The van der Waals surface area contributed by atoms with E-state index in [0.29, 0.717) is 16.4 Å². The van der Waals surface area contributed by atoms with Gasteiger partial charge < -0.3 is 10.6 Å². The van der Waals surface area contributed by atoms with E-state index in [4.69, 9.17) is 11.6 Å². The Bertz CT molecular complexity index is 817. The summed E-state index contributed by atoms with van der Waals surface area (Å²) < 4.78 is 1.59. The van der Waals surface area contributed by atoms with Crippen LogP contribution in [0, 0.1) is 12.8 Å². The highest BCUT2D eigenvalue weighted by Gasteiger charge is 2.34. The van der Waals surface area contributed by atoms with Crippen molar-refractivity contribution in [1.82, 2.24) is 20.4 Å². The maximum atomic E-state index is 12.5. The number of halogens is 1. The molecule has 3 atom stereocenters. The van der Waals surface area contributed by atoms with Crippen molar-refractivity contribution >= 4 is 29.2 Å². The van der Waals surface area contributed by atoms with Crippen molar-refractivity contribution in [3.8, 4) is 0 Å². The van der Waals surface area contributed by atoms with Crippen molar-refractivity contribution in [2.75, 3.05) is 5.32 Å². The number of rotatable bonds is 4. The number of amides is 2. The van der Waals surface area contributed by atoms with Gasteiger partial charge in [0.05, 0.1) is 11.6 Å². The van der Waals surface area contributed by atoms with E-state index >= 15 is 0 Å². The normalized spacial score (nSPS) is 22.8. The molecule has 0 saturated carbocycles. The second-order valence-electron chi connectivity index (χ2n) is 6.46. The molecule has 1 aliphatic heterocycles. The lowest BCUT2D eigenvalue weighted by Crippen LogP contribution is -2.57. The van der Waals surface area contributed by atoms with Gasteiger partial charge in [-0.2, -0.15) is 5.10 Å². The fourth-order valence-corrected chi connectivity index (χ4v) is 3.27. The Morgan fingerprint density at radius 3 is 2.65 bits per heavy atom. The third-order valence-electron chi connectivity index (χ3n) is 4.53. The highest BCUT2D eigenvalue weighted by molar-refractivity contribution is 6.30. The summed E-state index contributed by atoms with van der Waals surface area (Å²) in [6.07, 6.45) is 0.236. The topological polar surface area (TPSA) is 88.1 Å². The van der Waals surface area contributed by atoms with Gasteiger partial charge in [-0.3, -0.25) is 14.9 Å². The van der Waals surface area contributed by atoms with E-state index in [2.05, 4.69) is 21.0 Å². The minimum Gasteiger partial charge on any atom is -0.322 e. The molecule has 2 aromatic rings. The van der Waals surface area contributed by atoms with Crippen LogP contribution in [0.15, 0.2) is 30.3 Å². The van der Waals surface area contributed by atoms with Crippen LogP contribution in [-0.4, -0.2) is 27.6 Å². The minimum absolute atomic E-state index is 0.00285. The second kappa shape index (κ2) is 7.47. The van der Waals surface area contributed by atoms with Crippen LogP contribution in [0.1, 0.15) is 42.6 Å². The third-order valence-corrected chi connectivity index (χ3v) is 4.78. The molecule has 1 aromatic carbocycles. The van der Waals surface area contributed by atoms with Gasteiger partial charge in [-0.05, 0) is 44.5 Å². The molecule has 0 radical (unpaired) electrons. The monoisotopic (exact) mass is 375 g/mol. The van der Waals surface area contributed by atoms with E-state index < -0.39 is 6.29 Å². The lowest BCUT2D eigenvalue weighted by Gasteiger charge is -2.35. The number of anilines is 1. The van der Waals surface area contributed by atoms with Crippen LogP contribution in [0.5, 0.6) is 0 Å². The zero-order valence-electron chi connectivity index (χ0n) is 14.9. The number of benzene rings is 1. The molecule has 0 spiro atoms. The Morgan fingerprint density at radius 1 is 1.35 bits per heavy atom. The number of hydrogen-bond acceptors (Lipinski definition) is 4. The minimum atomic E-state index is -0.519. The van der Waals surface area contributed by atoms with Crippen LogP contribution in [0.3, 0.4) is 0 Å². The van der Waals surface area contributed by atoms with Gasteiger partial charge in [-0.15, -0.1) is 0 Å². The summed E-state index contributed by atoms with van der Waals surface area (Å²) in [4.78, 5) is 24.8.